The van der Waals surface area contributed by atoms with Gasteiger partial charge in [-0.1, -0.05) is 13.8 Å². The maximum absolute atomic E-state index is 12.4. The van der Waals surface area contributed by atoms with E-state index in [1.807, 2.05) is 18.2 Å². The van der Waals surface area contributed by atoms with Gasteiger partial charge in [-0.05, 0) is 43.4 Å². The third kappa shape index (κ3) is 3.21. The van der Waals surface area contributed by atoms with Crippen LogP contribution in [0, 0.1) is 5.92 Å². The Morgan fingerprint density at radius 3 is 2.76 bits per heavy atom. The number of rotatable bonds is 4. The molecular weight excluding hydrogens is 318 g/mol. The number of benzene rings is 1. The monoisotopic (exact) mass is 341 g/mol. The van der Waals surface area contributed by atoms with E-state index in [1.54, 1.807) is 6.07 Å². The Kier molecular flexibility index (Phi) is 3.90. The van der Waals surface area contributed by atoms with Crippen molar-refractivity contribution in [3.8, 4) is 11.5 Å². The van der Waals surface area contributed by atoms with Crippen molar-refractivity contribution in [2.75, 3.05) is 5.32 Å². The number of nitrogens with one attached hydrogen (secondary N) is 2. The first-order valence-electron chi connectivity index (χ1n) is 8.91. The largest absolute Gasteiger partial charge is 0.448 e. The lowest BCUT2D eigenvalue weighted by Gasteiger charge is -2.21. The molecule has 2 N–H and O–H groups in total. The highest BCUT2D eigenvalue weighted by Crippen LogP contribution is 2.47. The molecule has 2 aromatic rings. The SMILES string of the molecule is CC(C)Cc1cc(C(=O)Nc2ccc3c(c2)OC2(CCCC2)O3)n[nH]1. The topological polar surface area (TPSA) is 76.2 Å². The van der Waals surface area contributed by atoms with Crippen LogP contribution in [0.4, 0.5) is 5.69 Å². The Morgan fingerprint density at radius 1 is 1.24 bits per heavy atom. The summed E-state index contributed by atoms with van der Waals surface area (Å²) in [4.78, 5) is 12.4. The predicted molar refractivity (Wildman–Crippen MR) is 94.0 cm³/mol. The summed E-state index contributed by atoms with van der Waals surface area (Å²) in [6.45, 7) is 4.26. The van der Waals surface area contributed by atoms with E-state index in [2.05, 4.69) is 29.4 Å². The van der Waals surface area contributed by atoms with Crippen molar-refractivity contribution in [3.63, 3.8) is 0 Å². The molecule has 0 atom stereocenters. The molecule has 2 heterocycles. The third-order valence-electron chi connectivity index (χ3n) is 4.65. The van der Waals surface area contributed by atoms with Crippen molar-refractivity contribution in [2.45, 2.75) is 51.7 Å². The zero-order valence-corrected chi connectivity index (χ0v) is 14.6. The Hall–Kier alpha value is -2.50. The van der Waals surface area contributed by atoms with Gasteiger partial charge < -0.3 is 14.8 Å². The molecule has 1 aromatic carbocycles. The number of carbonyl (C=O) groups is 1. The number of nitrogens with zero attached hydrogens (tertiary/aromatic N) is 1. The van der Waals surface area contributed by atoms with Gasteiger partial charge in [0.2, 0.25) is 0 Å². The number of H-pyrrole nitrogens is 1. The molecular formula is C19H23N3O3. The zero-order valence-electron chi connectivity index (χ0n) is 14.6. The van der Waals surface area contributed by atoms with Crippen LogP contribution >= 0.6 is 0 Å². The molecule has 1 aliphatic heterocycles. The molecule has 1 saturated carbocycles. The average Bonchev–Trinajstić information content (AvgIpc) is 3.27. The summed E-state index contributed by atoms with van der Waals surface area (Å²) in [5, 5.41) is 9.90. The lowest BCUT2D eigenvalue weighted by atomic mass is 10.1. The van der Waals surface area contributed by atoms with Gasteiger partial charge in [0.25, 0.3) is 11.7 Å². The minimum Gasteiger partial charge on any atom is -0.448 e. The van der Waals surface area contributed by atoms with E-state index in [0.29, 0.717) is 23.0 Å². The third-order valence-corrected chi connectivity index (χ3v) is 4.65. The number of amides is 1. The van der Waals surface area contributed by atoms with Crippen LogP contribution in [-0.2, 0) is 6.42 Å². The Bertz CT molecular complexity index is 791. The number of fused-ring (bicyclic) bond motifs is 1. The van der Waals surface area contributed by atoms with Gasteiger partial charge in [-0.15, -0.1) is 0 Å². The smallest absolute Gasteiger partial charge is 0.276 e. The first-order chi connectivity index (χ1) is 12.0. The highest BCUT2D eigenvalue weighted by Gasteiger charge is 2.44. The Morgan fingerprint density at radius 2 is 2.00 bits per heavy atom. The van der Waals surface area contributed by atoms with Crippen LogP contribution in [0.1, 0.15) is 55.7 Å². The summed E-state index contributed by atoms with van der Waals surface area (Å²) in [6.07, 6.45) is 4.93. The summed E-state index contributed by atoms with van der Waals surface area (Å²) in [5.41, 5.74) is 2.03. The number of hydrogen-bond donors (Lipinski definition) is 2. The van der Waals surface area contributed by atoms with Gasteiger partial charge >= 0.3 is 0 Å². The summed E-state index contributed by atoms with van der Waals surface area (Å²) in [7, 11) is 0. The van der Waals surface area contributed by atoms with Crippen molar-refractivity contribution >= 4 is 11.6 Å². The standard InChI is InChI=1S/C19H23N3O3/c1-12(2)9-14-10-15(22-21-14)18(23)20-13-5-6-16-17(11-13)25-19(24-16)7-3-4-8-19/h5-6,10-12H,3-4,7-9H2,1-2H3,(H,20,23)(H,21,22). The highest BCUT2D eigenvalue weighted by molar-refractivity contribution is 6.03. The van der Waals surface area contributed by atoms with Gasteiger partial charge in [-0.25, -0.2) is 0 Å². The van der Waals surface area contributed by atoms with Crippen LogP contribution in [0.15, 0.2) is 24.3 Å². The fourth-order valence-corrected chi connectivity index (χ4v) is 3.51. The summed E-state index contributed by atoms with van der Waals surface area (Å²) in [6, 6.07) is 7.31. The quantitative estimate of drug-likeness (QED) is 0.884. The fourth-order valence-electron chi connectivity index (χ4n) is 3.51. The first kappa shape index (κ1) is 16.0. The van der Waals surface area contributed by atoms with E-state index >= 15 is 0 Å². The van der Waals surface area contributed by atoms with Crippen LogP contribution in [0.2, 0.25) is 0 Å². The number of aromatic nitrogens is 2. The molecule has 1 spiro atoms. The van der Waals surface area contributed by atoms with Crippen LogP contribution in [-0.4, -0.2) is 21.9 Å². The van der Waals surface area contributed by atoms with Crippen molar-refractivity contribution in [1.29, 1.82) is 0 Å². The van der Waals surface area contributed by atoms with E-state index in [-0.39, 0.29) is 5.91 Å². The van der Waals surface area contributed by atoms with E-state index in [9.17, 15) is 4.79 Å². The van der Waals surface area contributed by atoms with Gasteiger partial charge in [0.05, 0.1) is 0 Å². The van der Waals surface area contributed by atoms with Crippen LogP contribution in [0.3, 0.4) is 0 Å². The highest BCUT2D eigenvalue weighted by atomic mass is 16.7. The minimum absolute atomic E-state index is 0.235. The van der Waals surface area contributed by atoms with Gasteiger partial charge in [-0.3, -0.25) is 9.89 Å². The molecule has 4 rings (SSSR count). The zero-order chi connectivity index (χ0) is 17.4. The van der Waals surface area contributed by atoms with Gasteiger partial charge in [0.1, 0.15) is 0 Å². The van der Waals surface area contributed by atoms with E-state index < -0.39 is 5.79 Å². The van der Waals surface area contributed by atoms with Crippen LogP contribution in [0.5, 0.6) is 11.5 Å². The van der Waals surface area contributed by atoms with Gasteiger partial charge in [-0.2, -0.15) is 5.10 Å². The molecule has 0 radical (unpaired) electrons. The van der Waals surface area contributed by atoms with E-state index in [0.717, 1.165) is 43.5 Å². The minimum atomic E-state index is -0.487. The van der Waals surface area contributed by atoms with E-state index in [1.165, 1.54) is 0 Å². The molecule has 1 aliphatic carbocycles. The summed E-state index contributed by atoms with van der Waals surface area (Å²) in [5.74, 6) is 1.23. The molecule has 132 valence electrons. The van der Waals surface area contributed by atoms with Crippen molar-refractivity contribution in [2.24, 2.45) is 5.92 Å². The number of carbonyl (C=O) groups excluding carboxylic acids is 1. The number of hydrogen-bond acceptors (Lipinski definition) is 4. The van der Waals surface area contributed by atoms with E-state index in [4.69, 9.17) is 9.47 Å². The number of aromatic amines is 1. The molecule has 0 unspecified atom stereocenters. The van der Waals surface area contributed by atoms with Crippen molar-refractivity contribution < 1.29 is 14.3 Å². The summed E-state index contributed by atoms with van der Waals surface area (Å²) >= 11 is 0. The second-order valence-corrected chi connectivity index (χ2v) is 7.31. The van der Waals surface area contributed by atoms with Crippen molar-refractivity contribution in [3.05, 3.63) is 35.7 Å². The first-order valence-corrected chi connectivity index (χ1v) is 8.91. The lowest BCUT2D eigenvalue weighted by molar-refractivity contribution is -0.0716. The maximum atomic E-state index is 12.4. The van der Waals surface area contributed by atoms with Crippen LogP contribution in [0.25, 0.3) is 0 Å². The molecule has 2 aliphatic rings. The maximum Gasteiger partial charge on any atom is 0.276 e. The van der Waals surface area contributed by atoms with Crippen molar-refractivity contribution in [1.82, 2.24) is 10.2 Å². The molecule has 0 bridgehead atoms. The van der Waals surface area contributed by atoms with Gasteiger partial charge in [0.15, 0.2) is 17.2 Å². The Balaban J connectivity index is 1.45. The van der Waals surface area contributed by atoms with Gasteiger partial charge in [0, 0.05) is 30.3 Å². The molecule has 1 amide bonds. The average molecular weight is 341 g/mol. The second-order valence-electron chi connectivity index (χ2n) is 7.31. The molecule has 25 heavy (non-hydrogen) atoms. The second kappa shape index (κ2) is 6.10. The normalized spacial score (nSPS) is 17.4. The fraction of sp³-hybridized carbons (Fsp3) is 0.474. The molecule has 6 nitrogen and oxygen atoms in total. The molecule has 0 saturated heterocycles. The Labute approximate surface area is 146 Å². The predicted octanol–water partition coefficient (Wildman–Crippen LogP) is 3.90. The molecule has 1 aromatic heterocycles. The molecule has 1 fully saturated rings. The molecule has 6 heteroatoms. The lowest BCUT2D eigenvalue weighted by Crippen LogP contribution is -2.34. The number of ether oxygens (including phenoxy) is 2. The summed E-state index contributed by atoms with van der Waals surface area (Å²) < 4.78 is 12.0. The van der Waals surface area contributed by atoms with Crippen LogP contribution < -0.4 is 14.8 Å². The number of anilines is 1.